The smallest absolute Gasteiger partial charge is 0.166 e. The summed E-state index contributed by atoms with van der Waals surface area (Å²) in [4.78, 5) is 0. The van der Waals surface area contributed by atoms with Crippen LogP contribution in [0.15, 0.2) is 42.5 Å². The lowest BCUT2D eigenvalue weighted by molar-refractivity contribution is 0.588. The van der Waals surface area contributed by atoms with Gasteiger partial charge in [0.25, 0.3) is 0 Å². The lowest BCUT2D eigenvalue weighted by atomic mass is 10.1. The van der Waals surface area contributed by atoms with Gasteiger partial charge in [-0.05, 0) is 12.1 Å². The molecule has 0 saturated heterocycles. The van der Waals surface area contributed by atoms with E-state index in [1.165, 1.54) is 24.3 Å². The molecule has 0 aliphatic carbocycles. The number of rotatable bonds is 2. The number of hydrogen-bond acceptors (Lipinski definition) is 1. The number of benzene rings is 2. The fourth-order valence-electron chi connectivity index (χ4n) is 1.55. The number of nitrogens with two attached hydrogens (primary N) is 1. The van der Waals surface area contributed by atoms with Gasteiger partial charge in [-0.3, -0.25) is 0 Å². The van der Waals surface area contributed by atoms with Crippen LogP contribution in [0.5, 0.6) is 0 Å². The van der Waals surface area contributed by atoms with E-state index in [4.69, 9.17) is 5.73 Å². The second-order valence-corrected chi connectivity index (χ2v) is 3.85. The lowest BCUT2D eigenvalue weighted by Gasteiger charge is -2.05. The molecule has 2 rings (SSSR count). The number of anilines is 1. The van der Waals surface area contributed by atoms with Gasteiger partial charge in [-0.15, -0.1) is 0 Å². The highest BCUT2D eigenvalue weighted by atomic mass is 19.2. The van der Waals surface area contributed by atoms with Gasteiger partial charge in [-0.2, -0.15) is 0 Å². The van der Waals surface area contributed by atoms with Crippen molar-refractivity contribution >= 4 is 17.3 Å². The lowest BCUT2D eigenvalue weighted by Crippen LogP contribution is -1.97. The van der Waals surface area contributed by atoms with Gasteiger partial charge < -0.3 is 5.73 Å². The molecule has 98 valence electrons. The summed E-state index contributed by atoms with van der Waals surface area (Å²) in [5, 5.41) is 0. The monoisotopic (exact) mass is 267 g/mol. The molecule has 0 aliphatic rings. The summed E-state index contributed by atoms with van der Waals surface area (Å²) in [5.74, 6) is -4.80. The molecule has 0 atom stereocenters. The minimum atomic E-state index is -1.34. The van der Waals surface area contributed by atoms with Gasteiger partial charge in [0.2, 0.25) is 0 Å². The highest BCUT2D eigenvalue weighted by molar-refractivity contribution is 5.83. The Morgan fingerprint density at radius 2 is 1.26 bits per heavy atom. The average molecular weight is 267 g/mol. The van der Waals surface area contributed by atoms with Gasteiger partial charge in [0.05, 0.1) is 0 Å². The molecule has 5 heteroatoms. The molecule has 2 aromatic carbocycles. The fraction of sp³-hybridized carbons (Fsp3) is 0. The zero-order chi connectivity index (χ0) is 14.0. The highest BCUT2D eigenvalue weighted by Crippen LogP contribution is 2.30. The maximum Gasteiger partial charge on any atom is 0.166 e. The Labute approximate surface area is 107 Å². The maximum absolute atomic E-state index is 13.8. The van der Waals surface area contributed by atoms with E-state index in [1.54, 1.807) is 6.07 Å². The summed E-state index contributed by atoms with van der Waals surface area (Å²) in [7, 11) is 0. The Morgan fingerprint density at radius 1 is 0.789 bits per heavy atom. The van der Waals surface area contributed by atoms with Crippen LogP contribution in [-0.4, -0.2) is 0 Å². The summed E-state index contributed by atoms with van der Waals surface area (Å²) in [6.07, 6.45) is 0. The summed E-state index contributed by atoms with van der Waals surface area (Å²) in [6, 6.07) is 8.67. The number of nitrogen functional groups attached to an aromatic ring is 1. The Bertz CT molecular complexity index is 612. The fourth-order valence-corrected chi connectivity index (χ4v) is 1.55. The third-order valence-corrected chi connectivity index (χ3v) is 2.55. The number of hydrogen-bond donors (Lipinski definition) is 1. The van der Waals surface area contributed by atoms with E-state index in [-0.39, 0.29) is 5.56 Å². The third kappa shape index (κ3) is 2.59. The molecule has 0 aliphatic heterocycles. The van der Waals surface area contributed by atoms with Gasteiger partial charge >= 0.3 is 0 Å². The van der Waals surface area contributed by atoms with E-state index < -0.39 is 34.5 Å². The quantitative estimate of drug-likeness (QED) is 0.489. The second kappa shape index (κ2) is 5.14. The molecule has 0 spiro atoms. The summed E-state index contributed by atoms with van der Waals surface area (Å²) >= 11 is 0. The van der Waals surface area contributed by atoms with Crippen LogP contribution in [0.1, 0.15) is 11.1 Å². The van der Waals surface area contributed by atoms with Crippen molar-refractivity contribution in [3.8, 4) is 0 Å². The van der Waals surface area contributed by atoms with Crippen LogP contribution in [0, 0.1) is 11.6 Å². The van der Waals surface area contributed by atoms with Crippen LogP contribution >= 0.6 is 0 Å². The molecule has 2 N–H and O–H groups in total. The van der Waals surface area contributed by atoms with Crippen LogP contribution in [0.2, 0.25) is 0 Å². The molecule has 19 heavy (non-hydrogen) atoms. The normalized spacial score (nSPS) is 12.2. The third-order valence-electron chi connectivity index (χ3n) is 2.55. The van der Waals surface area contributed by atoms with Crippen molar-refractivity contribution in [1.29, 1.82) is 0 Å². The van der Waals surface area contributed by atoms with E-state index in [0.29, 0.717) is 12.1 Å². The molecule has 2 aromatic rings. The molecule has 0 fully saturated rings. The van der Waals surface area contributed by atoms with Crippen LogP contribution in [0.25, 0.3) is 11.7 Å². The SMILES string of the molecule is Nc1c(F)cc(/C(F)=C(\F)c2ccccc2)cc1F. The molecular weight excluding hydrogens is 258 g/mol. The summed E-state index contributed by atoms with van der Waals surface area (Å²) in [6.45, 7) is 0. The van der Waals surface area contributed by atoms with Gasteiger partial charge in [0.15, 0.2) is 11.7 Å². The van der Waals surface area contributed by atoms with Gasteiger partial charge in [-0.25, -0.2) is 17.6 Å². The molecule has 0 amide bonds. The second-order valence-electron chi connectivity index (χ2n) is 3.85. The molecule has 0 unspecified atom stereocenters. The molecule has 0 saturated carbocycles. The summed E-state index contributed by atoms with van der Waals surface area (Å²) in [5.41, 5.74) is 3.78. The van der Waals surface area contributed by atoms with Crippen LogP contribution < -0.4 is 5.73 Å². The standard InChI is InChI=1S/C14H9F4N/c15-10-6-9(7-11(16)14(10)19)13(18)12(17)8-4-2-1-3-5-8/h1-7H,19H2/b13-12+. The van der Waals surface area contributed by atoms with Crippen molar-refractivity contribution in [1.82, 2.24) is 0 Å². The van der Waals surface area contributed by atoms with E-state index in [0.717, 1.165) is 0 Å². The van der Waals surface area contributed by atoms with Crippen LogP contribution in [-0.2, 0) is 0 Å². The van der Waals surface area contributed by atoms with E-state index in [2.05, 4.69) is 0 Å². The van der Waals surface area contributed by atoms with Crippen LogP contribution in [0.4, 0.5) is 23.2 Å². The Balaban J connectivity index is 2.52. The molecule has 0 bridgehead atoms. The highest BCUT2D eigenvalue weighted by Gasteiger charge is 2.15. The van der Waals surface area contributed by atoms with Gasteiger partial charge in [0.1, 0.15) is 17.3 Å². The van der Waals surface area contributed by atoms with Crippen molar-refractivity contribution in [3.05, 3.63) is 65.2 Å². The zero-order valence-corrected chi connectivity index (χ0v) is 9.63. The largest absolute Gasteiger partial charge is 0.394 e. The zero-order valence-electron chi connectivity index (χ0n) is 9.63. The Hall–Kier alpha value is -2.30. The van der Waals surface area contributed by atoms with Crippen molar-refractivity contribution in [2.45, 2.75) is 0 Å². The summed E-state index contributed by atoms with van der Waals surface area (Å²) < 4.78 is 54.0. The predicted molar refractivity (Wildman–Crippen MR) is 66.2 cm³/mol. The Morgan fingerprint density at radius 3 is 1.79 bits per heavy atom. The van der Waals surface area contributed by atoms with Gasteiger partial charge in [-0.1, -0.05) is 30.3 Å². The first-order chi connectivity index (χ1) is 9.00. The average Bonchev–Trinajstić information content (AvgIpc) is 2.43. The molecule has 0 radical (unpaired) electrons. The predicted octanol–water partition coefficient (Wildman–Crippen LogP) is 4.31. The Kier molecular flexibility index (Phi) is 3.55. The van der Waals surface area contributed by atoms with Gasteiger partial charge in [0, 0.05) is 11.1 Å². The first kappa shape index (κ1) is 13.1. The minimum absolute atomic E-state index is 0.0161. The van der Waals surface area contributed by atoms with Crippen molar-refractivity contribution < 1.29 is 17.6 Å². The van der Waals surface area contributed by atoms with Crippen molar-refractivity contribution in [2.75, 3.05) is 5.73 Å². The molecular formula is C14H9F4N. The number of halogens is 4. The minimum Gasteiger partial charge on any atom is -0.394 e. The first-order valence-corrected chi connectivity index (χ1v) is 5.36. The molecule has 1 nitrogen and oxygen atoms in total. The van der Waals surface area contributed by atoms with Crippen molar-refractivity contribution in [3.63, 3.8) is 0 Å². The molecule has 0 heterocycles. The maximum atomic E-state index is 13.8. The van der Waals surface area contributed by atoms with E-state index >= 15 is 0 Å². The van der Waals surface area contributed by atoms with Crippen LogP contribution in [0.3, 0.4) is 0 Å². The first-order valence-electron chi connectivity index (χ1n) is 5.36. The van der Waals surface area contributed by atoms with E-state index in [1.807, 2.05) is 0 Å². The topological polar surface area (TPSA) is 26.0 Å². The van der Waals surface area contributed by atoms with Crippen molar-refractivity contribution in [2.24, 2.45) is 0 Å². The van der Waals surface area contributed by atoms with E-state index in [9.17, 15) is 17.6 Å². The molecule has 0 aromatic heterocycles.